The average molecular weight is 509 g/mol. The van der Waals surface area contributed by atoms with Gasteiger partial charge in [-0.3, -0.25) is 0 Å². The van der Waals surface area contributed by atoms with Crippen LogP contribution in [-0.4, -0.2) is 45.1 Å². The summed E-state index contributed by atoms with van der Waals surface area (Å²) >= 11 is 0. The number of aliphatic hydroxyl groups excluding tert-OH is 1. The fraction of sp³-hybridized carbons (Fsp3) is 0.310. The molecule has 0 amide bonds. The van der Waals surface area contributed by atoms with E-state index in [0.717, 1.165) is 24.3 Å². The summed E-state index contributed by atoms with van der Waals surface area (Å²) < 4.78 is 10.5. The molecule has 37 heavy (non-hydrogen) atoms. The SMILES string of the molecule is COC(=O)[C@@]1(Cc2ccc(O)c(CC=C(C)C)c2)OC(=O)C(O)=C1c1cc(O)c(O)c(CC=C(C)C)c1. The molecular weight excluding hydrogens is 476 g/mol. The molecular formula is C29H32O8. The predicted octanol–water partition coefficient (Wildman–Crippen LogP) is 4.80. The number of benzene rings is 2. The van der Waals surface area contributed by atoms with Crippen molar-refractivity contribution in [1.29, 1.82) is 0 Å². The lowest BCUT2D eigenvalue weighted by Gasteiger charge is -2.28. The molecule has 0 unspecified atom stereocenters. The van der Waals surface area contributed by atoms with Gasteiger partial charge in [0, 0.05) is 12.0 Å². The van der Waals surface area contributed by atoms with Crippen LogP contribution in [0.4, 0.5) is 0 Å². The van der Waals surface area contributed by atoms with E-state index in [9.17, 15) is 30.0 Å². The van der Waals surface area contributed by atoms with Crippen molar-refractivity contribution >= 4 is 17.5 Å². The fourth-order valence-electron chi connectivity index (χ4n) is 4.23. The van der Waals surface area contributed by atoms with Gasteiger partial charge in [-0.05, 0) is 75.4 Å². The van der Waals surface area contributed by atoms with Crippen LogP contribution >= 0.6 is 0 Å². The van der Waals surface area contributed by atoms with Crippen molar-refractivity contribution < 1.29 is 39.5 Å². The summed E-state index contributed by atoms with van der Waals surface area (Å²) in [5.41, 5.74) is 1.36. The van der Waals surface area contributed by atoms with Crippen LogP contribution in [0.1, 0.15) is 49.9 Å². The van der Waals surface area contributed by atoms with Crippen molar-refractivity contribution in [3.63, 3.8) is 0 Å². The van der Waals surface area contributed by atoms with Gasteiger partial charge < -0.3 is 29.9 Å². The summed E-state index contributed by atoms with van der Waals surface area (Å²) in [4.78, 5) is 25.8. The third-order valence-corrected chi connectivity index (χ3v) is 6.13. The summed E-state index contributed by atoms with van der Waals surface area (Å²) in [5.74, 6) is -3.62. The zero-order valence-electron chi connectivity index (χ0n) is 21.6. The molecule has 1 atom stereocenters. The molecule has 1 aliphatic rings. The number of aromatic hydroxyl groups is 3. The number of carbonyl (C=O) groups excluding carboxylic acids is 2. The van der Waals surface area contributed by atoms with Gasteiger partial charge in [0.15, 0.2) is 11.5 Å². The summed E-state index contributed by atoms with van der Waals surface area (Å²) in [6.45, 7) is 7.63. The quantitative estimate of drug-likeness (QED) is 0.227. The van der Waals surface area contributed by atoms with Crippen LogP contribution in [0.2, 0.25) is 0 Å². The van der Waals surface area contributed by atoms with Gasteiger partial charge >= 0.3 is 11.9 Å². The number of methoxy groups -OCH3 is 1. The second-order valence-corrected chi connectivity index (χ2v) is 9.55. The lowest BCUT2D eigenvalue weighted by molar-refractivity contribution is -0.169. The smallest absolute Gasteiger partial charge is 0.375 e. The second-order valence-electron chi connectivity index (χ2n) is 9.55. The van der Waals surface area contributed by atoms with E-state index in [1.807, 2.05) is 39.8 Å². The molecule has 1 heterocycles. The van der Waals surface area contributed by atoms with Crippen LogP contribution in [0.25, 0.3) is 5.57 Å². The summed E-state index contributed by atoms with van der Waals surface area (Å²) in [7, 11) is 1.14. The molecule has 3 rings (SSSR count). The molecule has 2 aromatic rings. The Bertz CT molecular complexity index is 1320. The Kier molecular flexibility index (Phi) is 8.01. The third-order valence-electron chi connectivity index (χ3n) is 6.13. The van der Waals surface area contributed by atoms with Gasteiger partial charge in [0.2, 0.25) is 11.4 Å². The first-order valence-corrected chi connectivity index (χ1v) is 11.8. The topological polar surface area (TPSA) is 134 Å². The first-order chi connectivity index (χ1) is 17.4. The number of ether oxygens (including phenoxy) is 2. The highest BCUT2D eigenvalue weighted by atomic mass is 16.6. The Morgan fingerprint density at radius 1 is 0.919 bits per heavy atom. The number of hydrogen-bond donors (Lipinski definition) is 4. The number of hydrogen-bond acceptors (Lipinski definition) is 8. The van der Waals surface area contributed by atoms with E-state index in [2.05, 4.69) is 0 Å². The highest BCUT2D eigenvalue weighted by Crippen LogP contribution is 2.45. The van der Waals surface area contributed by atoms with Crippen LogP contribution in [0.3, 0.4) is 0 Å². The summed E-state index contributed by atoms with van der Waals surface area (Å²) in [6, 6.07) is 7.40. The molecule has 0 radical (unpaired) electrons. The van der Waals surface area contributed by atoms with Crippen molar-refractivity contribution in [2.75, 3.05) is 7.11 Å². The average Bonchev–Trinajstić information content (AvgIpc) is 3.09. The zero-order chi connectivity index (χ0) is 27.5. The molecule has 2 aromatic carbocycles. The standard InChI is InChI=1S/C29H32O8/c1-16(2)6-9-19-12-18(8-11-22(19)30)15-29(28(35)36-5)24(26(33)27(34)37-29)21-13-20(10-7-17(3)4)25(32)23(31)14-21/h6-8,11-14,30-33H,9-10,15H2,1-5H3/t29-/m0/s1. The number of esters is 2. The number of phenolic OH excluding ortho intramolecular Hbond substituents is 3. The Hall–Kier alpha value is -4.20. The Labute approximate surface area is 215 Å². The van der Waals surface area contributed by atoms with E-state index in [1.165, 1.54) is 12.1 Å². The predicted molar refractivity (Wildman–Crippen MR) is 138 cm³/mol. The van der Waals surface area contributed by atoms with Crippen molar-refractivity contribution in [3.8, 4) is 17.2 Å². The van der Waals surface area contributed by atoms with Crippen LogP contribution in [0.5, 0.6) is 17.2 Å². The van der Waals surface area contributed by atoms with Gasteiger partial charge in [-0.15, -0.1) is 0 Å². The molecule has 0 saturated heterocycles. The van der Waals surface area contributed by atoms with Crippen LogP contribution in [-0.2, 0) is 38.3 Å². The maximum atomic E-state index is 13.2. The molecule has 0 aromatic heterocycles. The molecule has 0 bridgehead atoms. The van der Waals surface area contributed by atoms with E-state index in [0.29, 0.717) is 23.1 Å². The highest BCUT2D eigenvalue weighted by molar-refractivity contribution is 6.11. The van der Waals surface area contributed by atoms with Crippen LogP contribution in [0, 0.1) is 0 Å². The number of carbonyl (C=O) groups is 2. The maximum absolute atomic E-state index is 13.2. The molecule has 0 spiro atoms. The number of cyclic esters (lactones) is 1. The van der Waals surface area contributed by atoms with E-state index in [1.54, 1.807) is 12.1 Å². The van der Waals surface area contributed by atoms with Gasteiger partial charge in [0.05, 0.1) is 12.7 Å². The minimum atomic E-state index is -2.07. The van der Waals surface area contributed by atoms with Gasteiger partial charge in [-0.1, -0.05) is 35.4 Å². The van der Waals surface area contributed by atoms with Crippen molar-refractivity contribution in [1.82, 2.24) is 0 Å². The minimum absolute atomic E-state index is 0.0720. The first-order valence-electron chi connectivity index (χ1n) is 11.8. The number of aliphatic hydroxyl groups is 1. The molecule has 0 aliphatic carbocycles. The summed E-state index contributed by atoms with van der Waals surface area (Å²) in [5, 5.41) is 41.9. The van der Waals surface area contributed by atoms with E-state index in [-0.39, 0.29) is 35.5 Å². The van der Waals surface area contributed by atoms with Gasteiger partial charge in [-0.25, -0.2) is 9.59 Å². The largest absolute Gasteiger partial charge is 0.508 e. The van der Waals surface area contributed by atoms with Gasteiger partial charge in [0.1, 0.15) is 5.75 Å². The molecule has 1 aliphatic heterocycles. The lowest BCUT2D eigenvalue weighted by Crippen LogP contribution is -2.44. The maximum Gasteiger partial charge on any atom is 0.375 e. The van der Waals surface area contributed by atoms with Crippen molar-refractivity contribution in [2.45, 2.75) is 52.6 Å². The molecule has 0 fully saturated rings. The molecule has 0 saturated carbocycles. The van der Waals surface area contributed by atoms with Crippen LogP contribution < -0.4 is 0 Å². The zero-order valence-corrected chi connectivity index (χ0v) is 21.6. The Morgan fingerprint density at radius 3 is 2.14 bits per heavy atom. The molecule has 8 nitrogen and oxygen atoms in total. The number of phenols is 3. The highest BCUT2D eigenvalue weighted by Gasteiger charge is 2.56. The van der Waals surface area contributed by atoms with Crippen molar-refractivity contribution in [3.05, 3.63) is 81.6 Å². The number of allylic oxidation sites excluding steroid dienone is 4. The van der Waals surface area contributed by atoms with Crippen LogP contribution in [0.15, 0.2) is 59.4 Å². The Morgan fingerprint density at radius 2 is 1.54 bits per heavy atom. The summed E-state index contributed by atoms with van der Waals surface area (Å²) in [6.07, 6.45) is 4.27. The minimum Gasteiger partial charge on any atom is -0.508 e. The first kappa shape index (κ1) is 27.4. The lowest BCUT2D eigenvalue weighted by atomic mass is 9.82. The third kappa shape index (κ3) is 5.63. The second kappa shape index (κ2) is 10.8. The monoisotopic (exact) mass is 508 g/mol. The van der Waals surface area contributed by atoms with Gasteiger partial charge in [0.25, 0.3) is 0 Å². The molecule has 196 valence electrons. The Balaban J connectivity index is 2.18. The van der Waals surface area contributed by atoms with Gasteiger partial charge in [-0.2, -0.15) is 0 Å². The number of rotatable bonds is 8. The normalized spacial score (nSPS) is 16.8. The van der Waals surface area contributed by atoms with E-state index >= 15 is 0 Å². The fourth-order valence-corrected chi connectivity index (χ4v) is 4.23. The van der Waals surface area contributed by atoms with E-state index < -0.39 is 29.0 Å². The molecule has 4 N–H and O–H groups in total. The molecule has 8 heteroatoms. The van der Waals surface area contributed by atoms with E-state index in [4.69, 9.17) is 9.47 Å². The van der Waals surface area contributed by atoms with Crippen molar-refractivity contribution in [2.24, 2.45) is 0 Å².